The van der Waals surface area contributed by atoms with E-state index in [0.29, 0.717) is 0 Å². The number of nitrogens with two attached hydrogens (primary N) is 1. The topological polar surface area (TPSA) is 61.9 Å². The minimum Gasteiger partial charge on any atom is -0.398 e. The van der Waals surface area contributed by atoms with Crippen molar-refractivity contribution in [1.82, 2.24) is 0 Å². The zero-order valence-corrected chi connectivity index (χ0v) is 8.84. The maximum absolute atomic E-state index is 7.15. The number of halogens is 1. The van der Waals surface area contributed by atoms with Gasteiger partial charge in [0.15, 0.2) is 0 Å². The van der Waals surface area contributed by atoms with Crippen LogP contribution in [-0.4, -0.2) is 13.3 Å². The lowest BCUT2D eigenvalue weighted by molar-refractivity contribution is 1.45. The van der Waals surface area contributed by atoms with Crippen LogP contribution in [0.3, 0.4) is 0 Å². The first kappa shape index (κ1) is 9.31. The molecule has 0 amide bonds. The summed E-state index contributed by atoms with van der Waals surface area (Å²) in [6, 6.07) is 3.64. The number of nitrogen functional groups attached to an aromatic ring is 1. The summed E-state index contributed by atoms with van der Waals surface area (Å²) in [5, 5.41) is 10.2. The molecule has 0 radical (unpaired) electrons. The highest BCUT2D eigenvalue weighted by Gasteiger charge is 2.05. The first-order chi connectivity index (χ1) is 5.70. The third kappa shape index (κ3) is 1.52. The second-order valence-corrected chi connectivity index (χ2v) is 3.41. The van der Waals surface area contributed by atoms with Gasteiger partial charge in [-0.3, -0.25) is 0 Å². The van der Waals surface area contributed by atoms with Crippen LogP contribution in [0, 0.1) is 8.98 Å². The lowest BCUT2D eigenvalue weighted by Crippen LogP contribution is -2.00. The van der Waals surface area contributed by atoms with Crippen LogP contribution in [0.1, 0.15) is 5.56 Å². The lowest BCUT2D eigenvalue weighted by Gasteiger charge is -2.09. The Kier molecular flexibility index (Phi) is 2.91. The average Bonchev–Trinajstić information content (AvgIpc) is 2.09. The van der Waals surface area contributed by atoms with Crippen molar-refractivity contribution < 1.29 is 0 Å². The first-order valence-corrected chi connectivity index (χ1v) is 4.54. The Hall–Kier alpha value is -0.780. The van der Waals surface area contributed by atoms with Crippen molar-refractivity contribution in [3.8, 4) is 0 Å². The van der Waals surface area contributed by atoms with Crippen molar-refractivity contribution in [2.24, 2.45) is 0 Å². The summed E-state index contributed by atoms with van der Waals surface area (Å²) in [5.74, 6) is 0. The standard InChI is InChI=1S/C8H10IN3/c1-12-8-5(4-10)2-3-6(11)7(8)9/h2-4,10,12H,11H2,1H3. The Morgan fingerprint density at radius 3 is 2.75 bits per heavy atom. The molecule has 0 aromatic heterocycles. The highest BCUT2D eigenvalue weighted by atomic mass is 127. The van der Waals surface area contributed by atoms with Gasteiger partial charge in [0.2, 0.25) is 0 Å². The molecule has 0 aliphatic heterocycles. The van der Waals surface area contributed by atoms with Crippen molar-refractivity contribution in [2.45, 2.75) is 0 Å². The van der Waals surface area contributed by atoms with Crippen molar-refractivity contribution in [3.63, 3.8) is 0 Å². The molecule has 0 spiro atoms. The van der Waals surface area contributed by atoms with Gasteiger partial charge in [-0.1, -0.05) is 0 Å². The Balaban J connectivity index is 3.35. The van der Waals surface area contributed by atoms with E-state index in [1.54, 1.807) is 0 Å². The van der Waals surface area contributed by atoms with E-state index >= 15 is 0 Å². The quantitative estimate of drug-likeness (QED) is 0.438. The molecular formula is C8H10IN3. The van der Waals surface area contributed by atoms with E-state index in [1.807, 2.05) is 19.2 Å². The van der Waals surface area contributed by atoms with E-state index in [9.17, 15) is 0 Å². The average molecular weight is 275 g/mol. The van der Waals surface area contributed by atoms with Gasteiger partial charge in [-0.05, 0) is 34.7 Å². The number of hydrogen-bond donors (Lipinski definition) is 3. The number of rotatable bonds is 2. The van der Waals surface area contributed by atoms with Crippen LogP contribution in [0.25, 0.3) is 0 Å². The minimum absolute atomic E-state index is 0.741. The van der Waals surface area contributed by atoms with Gasteiger partial charge >= 0.3 is 0 Å². The predicted molar refractivity (Wildman–Crippen MR) is 61.0 cm³/mol. The molecule has 0 heterocycles. The van der Waals surface area contributed by atoms with Crippen molar-refractivity contribution in [3.05, 3.63) is 21.3 Å². The number of hydrogen-bond acceptors (Lipinski definition) is 3. The fraction of sp³-hybridized carbons (Fsp3) is 0.125. The van der Waals surface area contributed by atoms with Crippen LogP contribution < -0.4 is 11.1 Å². The lowest BCUT2D eigenvalue weighted by atomic mass is 10.2. The van der Waals surface area contributed by atoms with Gasteiger partial charge in [-0.25, -0.2) is 0 Å². The van der Waals surface area contributed by atoms with Gasteiger partial charge in [-0.2, -0.15) is 0 Å². The molecule has 3 nitrogen and oxygen atoms in total. The molecule has 1 aromatic carbocycles. The number of anilines is 2. The van der Waals surface area contributed by atoms with Gasteiger partial charge in [0.1, 0.15) is 0 Å². The summed E-state index contributed by atoms with van der Waals surface area (Å²) in [7, 11) is 1.82. The highest BCUT2D eigenvalue weighted by molar-refractivity contribution is 14.1. The maximum Gasteiger partial charge on any atom is 0.0598 e. The van der Waals surface area contributed by atoms with E-state index in [4.69, 9.17) is 11.1 Å². The summed E-state index contributed by atoms with van der Waals surface area (Å²) < 4.78 is 0.969. The second-order valence-electron chi connectivity index (χ2n) is 2.33. The van der Waals surface area contributed by atoms with Crippen LogP contribution in [-0.2, 0) is 0 Å². The van der Waals surface area contributed by atoms with E-state index in [0.717, 1.165) is 20.5 Å². The fourth-order valence-corrected chi connectivity index (χ4v) is 1.74. The Morgan fingerprint density at radius 1 is 1.58 bits per heavy atom. The molecule has 1 rings (SSSR count). The summed E-state index contributed by atoms with van der Waals surface area (Å²) in [6.45, 7) is 0. The van der Waals surface area contributed by atoms with E-state index in [2.05, 4.69) is 27.9 Å². The predicted octanol–water partition coefficient (Wildman–Crippen LogP) is 1.91. The molecule has 4 N–H and O–H groups in total. The third-order valence-electron chi connectivity index (χ3n) is 1.61. The van der Waals surface area contributed by atoms with Crippen molar-refractivity contribution in [1.29, 1.82) is 5.41 Å². The van der Waals surface area contributed by atoms with Crippen molar-refractivity contribution >= 4 is 40.2 Å². The Labute approximate surface area is 85.0 Å². The number of nitrogens with one attached hydrogen (secondary N) is 2. The van der Waals surface area contributed by atoms with Crippen LogP contribution in [0.2, 0.25) is 0 Å². The largest absolute Gasteiger partial charge is 0.398 e. The summed E-state index contributed by atoms with van der Waals surface area (Å²) in [4.78, 5) is 0. The normalized spacial score (nSPS) is 9.50. The monoisotopic (exact) mass is 275 g/mol. The van der Waals surface area contributed by atoms with Crippen LogP contribution in [0.5, 0.6) is 0 Å². The molecule has 0 aliphatic rings. The SMILES string of the molecule is CNc1c(C=N)ccc(N)c1I. The minimum atomic E-state index is 0.741. The molecule has 0 saturated carbocycles. The second kappa shape index (κ2) is 3.75. The molecule has 0 atom stereocenters. The molecule has 0 bridgehead atoms. The third-order valence-corrected chi connectivity index (χ3v) is 2.77. The van der Waals surface area contributed by atoms with Gasteiger partial charge in [0, 0.05) is 24.5 Å². The van der Waals surface area contributed by atoms with Gasteiger partial charge in [-0.15, -0.1) is 0 Å². The van der Waals surface area contributed by atoms with Gasteiger partial charge in [0.25, 0.3) is 0 Å². The van der Waals surface area contributed by atoms with Crippen LogP contribution in [0.4, 0.5) is 11.4 Å². The maximum atomic E-state index is 7.15. The Morgan fingerprint density at radius 2 is 2.25 bits per heavy atom. The van der Waals surface area contributed by atoms with Crippen LogP contribution >= 0.6 is 22.6 Å². The van der Waals surface area contributed by atoms with Gasteiger partial charge in [0.05, 0.1) is 9.26 Å². The molecule has 4 heteroatoms. The van der Waals surface area contributed by atoms with E-state index in [1.165, 1.54) is 6.21 Å². The van der Waals surface area contributed by atoms with Gasteiger partial charge < -0.3 is 16.5 Å². The van der Waals surface area contributed by atoms with E-state index < -0.39 is 0 Å². The Bertz CT molecular complexity index is 309. The molecule has 64 valence electrons. The number of benzene rings is 1. The molecular weight excluding hydrogens is 265 g/mol. The first-order valence-electron chi connectivity index (χ1n) is 3.47. The zero-order valence-electron chi connectivity index (χ0n) is 6.69. The highest BCUT2D eigenvalue weighted by Crippen LogP contribution is 2.26. The summed E-state index contributed by atoms with van der Waals surface area (Å²) >= 11 is 2.16. The molecule has 1 aromatic rings. The van der Waals surface area contributed by atoms with Crippen LogP contribution in [0.15, 0.2) is 12.1 Å². The molecule has 12 heavy (non-hydrogen) atoms. The van der Waals surface area contributed by atoms with E-state index in [-0.39, 0.29) is 0 Å². The summed E-state index contributed by atoms with van der Waals surface area (Å²) in [5.41, 5.74) is 8.22. The molecule has 0 saturated heterocycles. The molecule has 0 unspecified atom stereocenters. The fourth-order valence-electron chi connectivity index (χ4n) is 0.981. The zero-order chi connectivity index (χ0) is 9.14. The molecule has 0 fully saturated rings. The summed E-state index contributed by atoms with van der Waals surface area (Å²) in [6.07, 6.45) is 1.31. The molecule has 0 aliphatic carbocycles. The van der Waals surface area contributed by atoms with Crippen molar-refractivity contribution in [2.75, 3.05) is 18.1 Å². The smallest absolute Gasteiger partial charge is 0.0598 e.